The van der Waals surface area contributed by atoms with Crippen LogP contribution in [0.2, 0.25) is 0 Å². The van der Waals surface area contributed by atoms with Crippen LogP contribution in [0.5, 0.6) is 0 Å². The lowest BCUT2D eigenvalue weighted by Crippen LogP contribution is -2.38. The van der Waals surface area contributed by atoms with Crippen molar-refractivity contribution in [3.8, 4) is 0 Å². The molecule has 116 valence electrons. The van der Waals surface area contributed by atoms with Gasteiger partial charge in [0.05, 0.1) is 0 Å². The van der Waals surface area contributed by atoms with Gasteiger partial charge in [-0.25, -0.2) is 0 Å². The van der Waals surface area contributed by atoms with Crippen molar-refractivity contribution in [3.05, 3.63) is 0 Å². The summed E-state index contributed by atoms with van der Waals surface area (Å²) in [4.78, 5) is 6.57. The predicted molar refractivity (Wildman–Crippen MR) is 96.4 cm³/mol. The average molecular weight is 384 g/mol. The van der Waals surface area contributed by atoms with Gasteiger partial charge in [-0.15, -0.1) is 24.0 Å². The molecule has 4 nitrogen and oxygen atoms in total. The number of guanidine groups is 1. The van der Waals surface area contributed by atoms with Gasteiger partial charge in [-0.2, -0.15) is 0 Å². The molecular weight excluding hydrogens is 351 g/mol. The molecule has 0 spiro atoms. The van der Waals surface area contributed by atoms with E-state index in [1.54, 1.807) is 0 Å². The number of unbranched alkanes of at least 4 members (excludes halogenated alkanes) is 4. The number of hydrogen-bond acceptors (Lipinski definition) is 2. The summed E-state index contributed by atoms with van der Waals surface area (Å²) in [6.45, 7) is 6.30. The highest BCUT2D eigenvalue weighted by molar-refractivity contribution is 14.0. The van der Waals surface area contributed by atoms with Crippen LogP contribution in [0.25, 0.3) is 0 Å². The molecule has 0 radical (unpaired) electrons. The fourth-order valence-electron chi connectivity index (χ4n) is 1.67. The average Bonchev–Trinajstić information content (AvgIpc) is 2.31. The van der Waals surface area contributed by atoms with Crippen LogP contribution in [-0.4, -0.2) is 44.1 Å². The molecule has 0 aliphatic heterocycles. The Morgan fingerprint density at radius 3 is 2.32 bits per heavy atom. The Kier molecular flexibility index (Phi) is 16.1. The van der Waals surface area contributed by atoms with E-state index in [-0.39, 0.29) is 24.0 Å². The highest BCUT2D eigenvalue weighted by atomic mass is 127. The Hall–Kier alpha value is -0.0400. The second-order valence-electron chi connectivity index (χ2n) is 5.29. The Labute approximate surface area is 136 Å². The molecule has 0 aromatic rings. The van der Waals surface area contributed by atoms with E-state index < -0.39 is 0 Å². The van der Waals surface area contributed by atoms with Crippen LogP contribution in [-0.2, 0) is 0 Å². The highest BCUT2D eigenvalue weighted by Gasteiger charge is 1.98. The van der Waals surface area contributed by atoms with E-state index in [0.717, 1.165) is 19.4 Å². The molecule has 3 N–H and O–H groups in total. The summed E-state index contributed by atoms with van der Waals surface area (Å²) in [5.74, 6) is 0.594. The Morgan fingerprint density at radius 2 is 1.74 bits per heavy atom. The summed E-state index contributed by atoms with van der Waals surface area (Å²) in [5.41, 5.74) is 5.78. The molecule has 0 amide bonds. The molecule has 0 heterocycles. The summed E-state index contributed by atoms with van der Waals surface area (Å²) in [5, 5.41) is 3.18. The van der Waals surface area contributed by atoms with Crippen LogP contribution >= 0.6 is 24.0 Å². The standard InChI is InChI=1S/C14H32N4.HI/c1-5-13(2)17-14(15)16-11-9-7-6-8-10-12-18(3)4;/h13H,5-12H2,1-4H3,(H3,15,16,17);1H. The summed E-state index contributed by atoms with van der Waals surface area (Å²) < 4.78 is 0. The van der Waals surface area contributed by atoms with Gasteiger partial charge in [0.25, 0.3) is 0 Å². The molecule has 0 aromatic heterocycles. The molecule has 0 saturated heterocycles. The molecule has 1 atom stereocenters. The maximum absolute atomic E-state index is 5.78. The van der Waals surface area contributed by atoms with Crippen molar-refractivity contribution in [1.29, 1.82) is 0 Å². The topological polar surface area (TPSA) is 53.6 Å². The first-order valence-electron chi connectivity index (χ1n) is 7.27. The number of hydrogen-bond donors (Lipinski definition) is 2. The van der Waals surface area contributed by atoms with Crippen molar-refractivity contribution >= 4 is 29.9 Å². The van der Waals surface area contributed by atoms with Crippen molar-refractivity contribution in [1.82, 2.24) is 10.2 Å². The van der Waals surface area contributed by atoms with Crippen LogP contribution in [0, 0.1) is 0 Å². The molecule has 0 saturated carbocycles. The molecule has 19 heavy (non-hydrogen) atoms. The molecule has 0 aliphatic carbocycles. The first-order chi connectivity index (χ1) is 8.56. The number of rotatable bonds is 10. The lowest BCUT2D eigenvalue weighted by molar-refractivity contribution is 0.390. The fraction of sp³-hybridized carbons (Fsp3) is 0.929. The van der Waals surface area contributed by atoms with Crippen molar-refractivity contribution < 1.29 is 0 Å². The number of nitrogens with one attached hydrogen (secondary N) is 1. The Bertz CT molecular complexity index is 219. The van der Waals surface area contributed by atoms with Gasteiger partial charge in [0, 0.05) is 12.6 Å². The third-order valence-electron chi connectivity index (χ3n) is 3.05. The smallest absolute Gasteiger partial charge is 0.188 e. The van der Waals surface area contributed by atoms with E-state index in [9.17, 15) is 0 Å². The van der Waals surface area contributed by atoms with Crippen LogP contribution < -0.4 is 11.1 Å². The monoisotopic (exact) mass is 384 g/mol. The minimum absolute atomic E-state index is 0. The fourth-order valence-corrected chi connectivity index (χ4v) is 1.67. The van der Waals surface area contributed by atoms with E-state index in [0.29, 0.717) is 12.0 Å². The molecule has 0 rings (SSSR count). The van der Waals surface area contributed by atoms with Gasteiger partial charge in [-0.05, 0) is 46.8 Å². The zero-order valence-electron chi connectivity index (χ0n) is 13.1. The zero-order valence-corrected chi connectivity index (χ0v) is 15.4. The van der Waals surface area contributed by atoms with E-state index >= 15 is 0 Å². The molecule has 0 aromatic carbocycles. The van der Waals surface area contributed by atoms with Gasteiger partial charge < -0.3 is 16.0 Å². The molecule has 0 aliphatic rings. The maximum Gasteiger partial charge on any atom is 0.188 e. The Balaban J connectivity index is 0. The molecular formula is C14H33IN4. The SMILES string of the molecule is CCC(C)NC(N)=NCCCCCCCN(C)C.I. The predicted octanol–water partition coefficient (Wildman–Crippen LogP) is 2.82. The largest absolute Gasteiger partial charge is 0.370 e. The summed E-state index contributed by atoms with van der Waals surface area (Å²) in [6, 6.07) is 0.416. The minimum atomic E-state index is 0. The van der Waals surface area contributed by atoms with E-state index in [4.69, 9.17) is 5.73 Å². The van der Waals surface area contributed by atoms with Crippen LogP contribution in [0.3, 0.4) is 0 Å². The number of nitrogens with two attached hydrogens (primary N) is 1. The number of aliphatic imine (C=N–C) groups is 1. The summed E-state index contributed by atoms with van der Waals surface area (Å²) in [6.07, 6.45) is 7.40. The maximum atomic E-state index is 5.78. The van der Waals surface area contributed by atoms with Gasteiger partial charge in [-0.1, -0.05) is 26.2 Å². The van der Waals surface area contributed by atoms with Crippen LogP contribution in [0.1, 0.15) is 52.4 Å². The van der Waals surface area contributed by atoms with E-state index in [1.165, 1.54) is 32.2 Å². The van der Waals surface area contributed by atoms with Crippen LogP contribution in [0.15, 0.2) is 4.99 Å². The summed E-state index contributed by atoms with van der Waals surface area (Å²) in [7, 11) is 4.25. The third kappa shape index (κ3) is 15.9. The lowest BCUT2D eigenvalue weighted by atomic mass is 10.1. The third-order valence-corrected chi connectivity index (χ3v) is 3.05. The molecule has 1 unspecified atom stereocenters. The van der Waals surface area contributed by atoms with Gasteiger partial charge in [0.2, 0.25) is 0 Å². The zero-order chi connectivity index (χ0) is 13.8. The van der Waals surface area contributed by atoms with Gasteiger partial charge >= 0.3 is 0 Å². The quantitative estimate of drug-likeness (QED) is 0.264. The first-order valence-corrected chi connectivity index (χ1v) is 7.27. The lowest BCUT2D eigenvalue weighted by Gasteiger charge is -2.11. The normalized spacial score (nSPS) is 13.2. The molecule has 0 fully saturated rings. The summed E-state index contributed by atoms with van der Waals surface area (Å²) >= 11 is 0. The van der Waals surface area contributed by atoms with Gasteiger partial charge in [0.1, 0.15) is 0 Å². The first kappa shape index (κ1) is 21.3. The van der Waals surface area contributed by atoms with E-state index in [2.05, 4.69) is 43.2 Å². The number of nitrogens with zero attached hydrogens (tertiary/aromatic N) is 2. The van der Waals surface area contributed by atoms with Crippen molar-refractivity contribution in [2.45, 2.75) is 58.4 Å². The van der Waals surface area contributed by atoms with Crippen molar-refractivity contribution in [3.63, 3.8) is 0 Å². The second kappa shape index (κ2) is 14.4. The second-order valence-corrected chi connectivity index (χ2v) is 5.29. The van der Waals surface area contributed by atoms with Crippen LogP contribution in [0.4, 0.5) is 0 Å². The van der Waals surface area contributed by atoms with Gasteiger partial charge in [0.15, 0.2) is 5.96 Å². The Morgan fingerprint density at radius 1 is 1.16 bits per heavy atom. The van der Waals surface area contributed by atoms with Crippen molar-refractivity contribution in [2.24, 2.45) is 10.7 Å². The molecule has 5 heteroatoms. The van der Waals surface area contributed by atoms with Crippen molar-refractivity contribution in [2.75, 3.05) is 27.2 Å². The highest BCUT2D eigenvalue weighted by Crippen LogP contribution is 2.03. The number of halogens is 1. The van der Waals surface area contributed by atoms with E-state index in [1.807, 2.05) is 0 Å². The molecule has 0 bridgehead atoms. The van der Waals surface area contributed by atoms with Gasteiger partial charge in [-0.3, -0.25) is 4.99 Å². The minimum Gasteiger partial charge on any atom is -0.370 e.